The molecule has 0 spiro atoms. The Kier molecular flexibility index (Phi) is 3.93. The highest BCUT2D eigenvalue weighted by atomic mass is 19.1. The molecule has 1 aromatic rings. The fourth-order valence-corrected chi connectivity index (χ4v) is 1.41. The lowest BCUT2D eigenvalue weighted by molar-refractivity contribution is -0.125. The summed E-state index contributed by atoms with van der Waals surface area (Å²) in [6.07, 6.45) is -2.04. The Morgan fingerprint density at radius 1 is 1.19 bits per heavy atom. The Bertz CT molecular complexity index is 410. The number of Topliss-reactive ketones (excluding diaryl/α,β-unsaturated/α-hetero) is 2. The van der Waals surface area contributed by atoms with Gasteiger partial charge in [-0.1, -0.05) is 38.1 Å². The number of hydrogen-bond acceptors (Lipinski definition) is 2. The van der Waals surface area contributed by atoms with Gasteiger partial charge in [0.15, 0.2) is 5.78 Å². The number of carbonyl (C=O) groups is 2. The van der Waals surface area contributed by atoms with E-state index in [0.717, 1.165) is 0 Å². The molecule has 0 aliphatic heterocycles. The van der Waals surface area contributed by atoms with Crippen LogP contribution in [0, 0.1) is 12.8 Å². The van der Waals surface area contributed by atoms with Gasteiger partial charge in [-0.2, -0.15) is 0 Å². The van der Waals surface area contributed by atoms with E-state index in [0.29, 0.717) is 5.56 Å². The third-order valence-electron chi connectivity index (χ3n) is 2.46. The molecule has 2 nitrogen and oxygen atoms in total. The first kappa shape index (κ1) is 12.6. The van der Waals surface area contributed by atoms with Crippen LogP contribution < -0.4 is 0 Å². The van der Waals surface area contributed by atoms with Crippen LogP contribution in [0.15, 0.2) is 24.3 Å². The molecule has 0 fully saturated rings. The molecular weight excluding hydrogens is 207 g/mol. The summed E-state index contributed by atoms with van der Waals surface area (Å²) in [6, 6.07) is 6.69. The Morgan fingerprint density at radius 2 is 1.75 bits per heavy atom. The van der Waals surface area contributed by atoms with E-state index in [2.05, 4.69) is 0 Å². The van der Waals surface area contributed by atoms with Crippen molar-refractivity contribution in [3.05, 3.63) is 35.4 Å². The zero-order valence-electron chi connectivity index (χ0n) is 9.66. The molecule has 16 heavy (non-hydrogen) atoms. The lowest BCUT2D eigenvalue weighted by atomic mass is 9.96. The van der Waals surface area contributed by atoms with Crippen LogP contribution >= 0.6 is 0 Å². The Labute approximate surface area is 94.5 Å². The van der Waals surface area contributed by atoms with Gasteiger partial charge in [0, 0.05) is 11.5 Å². The SMILES string of the molecule is Cc1ccccc1C(=O)C(F)C(=O)C(C)C. The van der Waals surface area contributed by atoms with E-state index in [1.165, 1.54) is 6.07 Å². The van der Waals surface area contributed by atoms with Gasteiger partial charge in [-0.05, 0) is 12.5 Å². The minimum Gasteiger partial charge on any atom is -0.296 e. The van der Waals surface area contributed by atoms with Crippen LogP contribution in [-0.4, -0.2) is 17.7 Å². The zero-order chi connectivity index (χ0) is 12.3. The number of halogens is 1. The van der Waals surface area contributed by atoms with Gasteiger partial charge >= 0.3 is 0 Å². The summed E-state index contributed by atoms with van der Waals surface area (Å²) in [5.41, 5.74) is 0.968. The molecule has 1 rings (SSSR count). The minimum atomic E-state index is -2.04. The standard InChI is InChI=1S/C13H15FO2/c1-8(2)12(15)11(14)13(16)10-7-5-4-6-9(10)3/h4-8,11H,1-3H3. The molecule has 0 aliphatic carbocycles. The normalized spacial score (nSPS) is 12.6. The van der Waals surface area contributed by atoms with Crippen molar-refractivity contribution in [2.24, 2.45) is 5.92 Å². The predicted octanol–water partition coefficient (Wildman–Crippen LogP) is 2.74. The van der Waals surface area contributed by atoms with E-state index in [4.69, 9.17) is 0 Å². The molecule has 0 radical (unpaired) electrons. The monoisotopic (exact) mass is 222 g/mol. The molecule has 0 aliphatic rings. The largest absolute Gasteiger partial charge is 0.296 e. The topological polar surface area (TPSA) is 34.1 Å². The Hall–Kier alpha value is -1.51. The minimum absolute atomic E-state index is 0.281. The number of aryl methyl sites for hydroxylation is 1. The summed E-state index contributed by atoms with van der Waals surface area (Å²) >= 11 is 0. The molecule has 0 bridgehead atoms. The number of rotatable bonds is 4. The van der Waals surface area contributed by atoms with E-state index in [1.54, 1.807) is 39.0 Å². The molecule has 0 N–H and O–H groups in total. The average molecular weight is 222 g/mol. The first-order chi connectivity index (χ1) is 7.45. The van der Waals surface area contributed by atoms with E-state index in [1.807, 2.05) is 0 Å². The first-order valence-corrected chi connectivity index (χ1v) is 5.22. The van der Waals surface area contributed by atoms with Crippen molar-refractivity contribution in [3.63, 3.8) is 0 Å². The lowest BCUT2D eigenvalue weighted by Gasteiger charge is -2.10. The maximum Gasteiger partial charge on any atom is 0.221 e. The van der Waals surface area contributed by atoms with Crippen LogP contribution in [0.25, 0.3) is 0 Å². The summed E-state index contributed by atoms with van der Waals surface area (Å²) in [4.78, 5) is 23.1. The van der Waals surface area contributed by atoms with Crippen LogP contribution in [0.3, 0.4) is 0 Å². The van der Waals surface area contributed by atoms with Gasteiger partial charge in [0.1, 0.15) is 0 Å². The highest BCUT2D eigenvalue weighted by Gasteiger charge is 2.29. The summed E-state index contributed by atoms with van der Waals surface area (Å²) in [5, 5.41) is 0. The first-order valence-electron chi connectivity index (χ1n) is 5.22. The second-order valence-corrected chi connectivity index (χ2v) is 4.10. The number of benzene rings is 1. The van der Waals surface area contributed by atoms with Gasteiger partial charge in [0.05, 0.1) is 0 Å². The highest BCUT2D eigenvalue weighted by Crippen LogP contribution is 2.14. The second-order valence-electron chi connectivity index (χ2n) is 4.10. The molecular formula is C13H15FO2. The lowest BCUT2D eigenvalue weighted by Crippen LogP contribution is -2.29. The maximum atomic E-state index is 13.6. The van der Waals surface area contributed by atoms with E-state index < -0.39 is 23.7 Å². The van der Waals surface area contributed by atoms with Crippen LogP contribution in [0.1, 0.15) is 29.8 Å². The fraction of sp³-hybridized carbons (Fsp3) is 0.385. The van der Waals surface area contributed by atoms with Crippen molar-refractivity contribution in [3.8, 4) is 0 Å². The summed E-state index contributed by atoms with van der Waals surface area (Å²) in [5.74, 6) is -1.87. The quantitative estimate of drug-likeness (QED) is 0.580. The van der Waals surface area contributed by atoms with E-state index >= 15 is 0 Å². The van der Waals surface area contributed by atoms with Gasteiger partial charge in [-0.3, -0.25) is 9.59 Å². The number of alkyl halides is 1. The number of carbonyl (C=O) groups excluding carboxylic acids is 2. The van der Waals surface area contributed by atoms with Crippen molar-refractivity contribution in [2.75, 3.05) is 0 Å². The maximum absolute atomic E-state index is 13.6. The van der Waals surface area contributed by atoms with E-state index in [9.17, 15) is 14.0 Å². The Morgan fingerprint density at radius 3 is 2.25 bits per heavy atom. The van der Waals surface area contributed by atoms with Gasteiger partial charge < -0.3 is 0 Å². The van der Waals surface area contributed by atoms with Crippen molar-refractivity contribution >= 4 is 11.6 Å². The Balaban J connectivity index is 2.95. The van der Waals surface area contributed by atoms with Gasteiger partial charge in [0.25, 0.3) is 0 Å². The molecule has 0 heterocycles. The van der Waals surface area contributed by atoms with Crippen molar-refractivity contribution in [1.82, 2.24) is 0 Å². The molecule has 1 aromatic carbocycles. The summed E-state index contributed by atoms with van der Waals surface area (Å²) < 4.78 is 13.6. The number of hydrogen-bond donors (Lipinski definition) is 0. The molecule has 0 aromatic heterocycles. The summed E-state index contributed by atoms with van der Waals surface area (Å²) in [6.45, 7) is 4.89. The molecule has 3 heteroatoms. The fourth-order valence-electron chi connectivity index (χ4n) is 1.41. The molecule has 86 valence electrons. The second kappa shape index (κ2) is 5.01. The molecule has 0 saturated carbocycles. The predicted molar refractivity (Wildman–Crippen MR) is 60.3 cm³/mol. The van der Waals surface area contributed by atoms with Crippen molar-refractivity contribution in [1.29, 1.82) is 0 Å². The zero-order valence-corrected chi connectivity index (χ0v) is 9.66. The van der Waals surface area contributed by atoms with Gasteiger partial charge in [-0.15, -0.1) is 0 Å². The van der Waals surface area contributed by atoms with Gasteiger partial charge in [0.2, 0.25) is 12.0 Å². The van der Waals surface area contributed by atoms with Crippen LogP contribution in [0.4, 0.5) is 4.39 Å². The van der Waals surface area contributed by atoms with Crippen LogP contribution in [-0.2, 0) is 4.79 Å². The number of ketones is 2. The third-order valence-corrected chi connectivity index (χ3v) is 2.46. The van der Waals surface area contributed by atoms with Crippen molar-refractivity contribution in [2.45, 2.75) is 26.9 Å². The van der Waals surface area contributed by atoms with Crippen LogP contribution in [0.2, 0.25) is 0 Å². The molecule has 1 atom stereocenters. The molecule has 1 unspecified atom stereocenters. The van der Waals surface area contributed by atoms with Crippen molar-refractivity contribution < 1.29 is 14.0 Å². The van der Waals surface area contributed by atoms with Crippen LogP contribution in [0.5, 0.6) is 0 Å². The smallest absolute Gasteiger partial charge is 0.221 e. The third kappa shape index (κ3) is 2.54. The van der Waals surface area contributed by atoms with E-state index in [-0.39, 0.29) is 5.56 Å². The average Bonchev–Trinajstić information content (AvgIpc) is 2.26. The van der Waals surface area contributed by atoms with Gasteiger partial charge in [-0.25, -0.2) is 4.39 Å². The molecule has 0 amide bonds. The molecule has 0 saturated heterocycles. The highest BCUT2D eigenvalue weighted by molar-refractivity contribution is 6.14. The summed E-state index contributed by atoms with van der Waals surface area (Å²) in [7, 11) is 0.